The zero-order valence-corrected chi connectivity index (χ0v) is 16.4. The lowest BCUT2D eigenvalue weighted by Gasteiger charge is -2.31. The molecule has 2 aromatic carbocycles. The molecule has 0 bridgehead atoms. The molecule has 0 aliphatic carbocycles. The van der Waals surface area contributed by atoms with Gasteiger partial charge in [-0.1, -0.05) is 24.3 Å². The molecule has 2 aromatic rings. The van der Waals surface area contributed by atoms with Crippen LogP contribution in [0.5, 0.6) is 11.5 Å². The van der Waals surface area contributed by atoms with Gasteiger partial charge in [-0.2, -0.15) is 0 Å². The van der Waals surface area contributed by atoms with Crippen molar-refractivity contribution >= 4 is 11.7 Å². The second kappa shape index (κ2) is 9.99. The van der Waals surface area contributed by atoms with Crippen molar-refractivity contribution in [3.63, 3.8) is 0 Å². The second-order valence-corrected chi connectivity index (χ2v) is 6.47. The highest BCUT2D eigenvalue weighted by Gasteiger charge is 2.20. The summed E-state index contributed by atoms with van der Waals surface area (Å²) >= 11 is 0. The molecule has 6 nitrogen and oxygen atoms in total. The average molecular weight is 385 g/mol. The number of ether oxygens (including phenoxy) is 4. The van der Waals surface area contributed by atoms with Crippen LogP contribution in [0, 0.1) is 0 Å². The molecule has 0 N–H and O–H groups in total. The molecule has 1 heterocycles. The summed E-state index contributed by atoms with van der Waals surface area (Å²) in [6.45, 7) is 5.23. The summed E-state index contributed by atoms with van der Waals surface area (Å²) in [5, 5.41) is 0. The van der Waals surface area contributed by atoms with Crippen LogP contribution in [0.1, 0.15) is 12.5 Å². The molecule has 0 saturated carbocycles. The monoisotopic (exact) mass is 385 g/mol. The number of anilines is 1. The number of rotatable bonds is 9. The Labute approximate surface area is 166 Å². The number of esters is 1. The van der Waals surface area contributed by atoms with Crippen LogP contribution in [0.3, 0.4) is 0 Å². The maximum absolute atomic E-state index is 11.8. The number of carbonyl (C=O) groups is 1. The lowest BCUT2D eigenvalue weighted by molar-refractivity contribution is -0.153. The van der Waals surface area contributed by atoms with Crippen molar-refractivity contribution in [2.45, 2.75) is 19.4 Å². The van der Waals surface area contributed by atoms with Gasteiger partial charge in [-0.15, -0.1) is 0 Å². The number of fused-ring (bicyclic) bond motifs is 1. The number of hydrogen-bond donors (Lipinski definition) is 0. The van der Waals surface area contributed by atoms with Crippen LogP contribution in [0.25, 0.3) is 0 Å². The SMILES string of the molecule is CCOC(Cc1ccc(OCCN2CCOc3ccccc32)cc1)C(=O)OC. The van der Waals surface area contributed by atoms with Gasteiger partial charge in [-0.05, 0) is 36.8 Å². The third-order valence-corrected chi connectivity index (χ3v) is 4.63. The van der Waals surface area contributed by atoms with Crippen LogP contribution in [0.4, 0.5) is 5.69 Å². The van der Waals surface area contributed by atoms with Gasteiger partial charge in [0.25, 0.3) is 0 Å². The standard InChI is InChI=1S/C22H27NO5/c1-3-26-21(22(24)25-2)16-17-8-10-18(11-9-17)27-14-12-23-13-15-28-20-7-5-4-6-19(20)23/h4-11,21H,3,12-16H2,1-2H3. The van der Waals surface area contributed by atoms with Gasteiger partial charge in [0.05, 0.1) is 25.9 Å². The van der Waals surface area contributed by atoms with Crippen molar-refractivity contribution in [1.82, 2.24) is 0 Å². The molecule has 1 atom stereocenters. The van der Waals surface area contributed by atoms with Gasteiger partial charge in [0, 0.05) is 13.0 Å². The molecule has 150 valence electrons. The molecular weight excluding hydrogens is 358 g/mol. The molecule has 1 aliphatic heterocycles. The van der Waals surface area contributed by atoms with Crippen molar-refractivity contribution in [2.75, 3.05) is 44.9 Å². The Bertz CT molecular complexity index is 762. The minimum absolute atomic E-state index is 0.354. The zero-order chi connectivity index (χ0) is 19.8. The summed E-state index contributed by atoms with van der Waals surface area (Å²) in [6.07, 6.45) is -0.103. The van der Waals surface area contributed by atoms with E-state index >= 15 is 0 Å². The lowest BCUT2D eigenvalue weighted by atomic mass is 10.1. The predicted octanol–water partition coefficient (Wildman–Crippen LogP) is 3.09. The van der Waals surface area contributed by atoms with E-state index in [1.807, 2.05) is 49.4 Å². The Kier molecular flexibility index (Phi) is 7.14. The maximum Gasteiger partial charge on any atom is 0.335 e. The molecule has 6 heteroatoms. The minimum Gasteiger partial charge on any atom is -0.492 e. The predicted molar refractivity (Wildman–Crippen MR) is 107 cm³/mol. The second-order valence-electron chi connectivity index (χ2n) is 6.47. The van der Waals surface area contributed by atoms with Gasteiger partial charge in [-0.3, -0.25) is 0 Å². The largest absolute Gasteiger partial charge is 0.492 e. The highest BCUT2D eigenvalue weighted by atomic mass is 16.6. The third kappa shape index (κ3) is 5.16. The smallest absolute Gasteiger partial charge is 0.335 e. The van der Waals surface area contributed by atoms with Crippen LogP contribution in [-0.2, 0) is 20.7 Å². The van der Waals surface area contributed by atoms with E-state index in [1.165, 1.54) is 7.11 Å². The molecule has 0 aromatic heterocycles. The maximum atomic E-state index is 11.8. The first-order chi connectivity index (χ1) is 13.7. The van der Waals surface area contributed by atoms with Gasteiger partial charge < -0.3 is 23.8 Å². The normalized spacial score (nSPS) is 14.0. The Morgan fingerprint density at radius 3 is 2.71 bits per heavy atom. The highest BCUT2D eigenvalue weighted by Crippen LogP contribution is 2.30. The van der Waals surface area contributed by atoms with E-state index in [4.69, 9.17) is 18.9 Å². The first-order valence-electron chi connectivity index (χ1n) is 9.59. The Balaban J connectivity index is 1.50. The fourth-order valence-corrected chi connectivity index (χ4v) is 3.21. The molecule has 1 unspecified atom stereocenters. The highest BCUT2D eigenvalue weighted by molar-refractivity contribution is 5.75. The number of carbonyl (C=O) groups excluding carboxylic acids is 1. The van der Waals surface area contributed by atoms with Crippen LogP contribution in [0.2, 0.25) is 0 Å². The quantitative estimate of drug-likeness (QED) is 0.619. The lowest BCUT2D eigenvalue weighted by Crippen LogP contribution is -2.35. The first-order valence-corrected chi connectivity index (χ1v) is 9.59. The molecule has 28 heavy (non-hydrogen) atoms. The average Bonchev–Trinajstić information content (AvgIpc) is 2.74. The van der Waals surface area contributed by atoms with Crippen molar-refractivity contribution in [3.8, 4) is 11.5 Å². The Morgan fingerprint density at radius 1 is 1.18 bits per heavy atom. The molecular formula is C22H27NO5. The molecule has 1 aliphatic rings. The molecule has 0 saturated heterocycles. The summed E-state index contributed by atoms with van der Waals surface area (Å²) in [5.74, 6) is 1.37. The summed E-state index contributed by atoms with van der Waals surface area (Å²) in [7, 11) is 1.37. The van der Waals surface area contributed by atoms with Crippen molar-refractivity contribution < 1.29 is 23.7 Å². The van der Waals surface area contributed by atoms with Crippen LogP contribution in [0.15, 0.2) is 48.5 Å². The Morgan fingerprint density at radius 2 is 1.96 bits per heavy atom. The van der Waals surface area contributed by atoms with E-state index in [1.54, 1.807) is 0 Å². The number of nitrogens with zero attached hydrogens (tertiary/aromatic N) is 1. The minimum atomic E-state index is -0.580. The topological polar surface area (TPSA) is 57.2 Å². The van der Waals surface area contributed by atoms with E-state index in [9.17, 15) is 4.79 Å². The third-order valence-electron chi connectivity index (χ3n) is 4.63. The van der Waals surface area contributed by atoms with Crippen LogP contribution < -0.4 is 14.4 Å². The van der Waals surface area contributed by atoms with Crippen molar-refractivity contribution in [3.05, 3.63) is 54.1 Å². The van der Waals surface area contributed by atoms with Gasteiger partial charge in [-0.25, -0.2) is 4.79 Å². The molecule has 3 rings (SSSR count). The molecule has 0 fully saturated rings. The van der Waals surface area contributed by atoms with Crippen molar-refractivity contribution in [1.29, 1.82) is 0 Å². The van der Waals surface area contributed by atoms with Gasteiger partial charge >= 0.3 is 5.97 Å². The van der Waals surface area contributed by atoms with E-state index in [2.05, 4.69) is 11.0 Å². The fraction of sp³-hybridized carbons (Fsp3) is 0.409. The van der Waals surface area contributed by atoms with Crippen molar-refractivity contribution in [2.24, 2.45) is 0 Å². The summed E-state index contributed by atoms with van der Waals surface area (Å²) < 4.78 is 21.8. The molecule has 0 amide bonds. The van der Waals surface area contributed by atoms with Gasteiger partial charge in [0.15, 0.2) is 6.10 Å². The number of para-hydroxylation sites is 2. The first kappa shape index (κ1) is 20.0. The van der Waals surface area contributed by atoms with Crippen LogP contribution in [-0.4, -0.2) is 52.1 Å². The summed E-state index contributed by atoms with van der Waals surface area (Å²) in [4.78, 5) is 14.0. The van der Waals surface area contributed by atoms with E-state index in [0.29, 0.717) is 26.2 Å². The van der Waals surface area contributed by atoms with E-state index in [0.717, 1.165) is 35.8 Å². The molecule has 0 spiro atoms. The fourth-order valence-electron chi connectivity index (χ4n) is 3.21. The molecule has 0 radical (unpaired) electrons. The Hall–Kier alpha value is -2.73. The zero-order valence-electron chi connectivity index (χ0n) is 16.4. The van der Waals surface area contributed by atoms with E-state index < -0.39 is 6.10 Å². The number of hydrogen-bond acceptors (Lipinski definition) is 6. The van der Waals surface area contributed by atoms with Gasteiger partial charge in [0.2, 0.25) is 0 Å². The van der Waals surface area contributed by atoms with Gasteiger partial charge in [0.1, 0.15) is 24.7 Å². The van der Waals surface area contributed by atoms with Crippen LogP contribution >= 0.6 is 0 Å². The number of methoxy groups -OCH3 is 1. The summed E-state index contributed by atoms with van der Waals surface area (Å²) in [6, 6.07) is 15.8. The van der Waals surface area contributed by atoms with E-state index in [-0.39, 0.29) is 5.97 Å². The summed E-state index contributed by atoms with van der Waals surface area (Å²) in [5.41, 5.74) is 2.11. The number of benzene rings is 2.